The van der Waals surface area contributed by atoms with Crippen molar-refractivity contribution in [3.63, 3.8) is 0 Å². The van der Waals surface area contributed by atoms with Crippen LogP contribution in [-0.2, 0) is 19.4 Å². The van der Waals surface area contributed by atoms with Crippen LogP contribution in [0.5, 0.6) is 0 Å². The summed E-state index contributed by atoms with van der Waals surface area (Å²) in [6, 6.07) is 15.8. The zero-order valence-electron chi connectivity index (χ0n) is 17.9. The highest BCUT2D eigenvalue weighted by atomic mass is 19.4. The van der Waals surface area contributed by atoms with Crippen molar-refractivity contribution in [1.29, 1.82) is 0 Å². The molecule has 1 aromatic heterocycles. The van der Waals surface area contributed by atoms with E-state index in [0.29, 0.717) is 5.82 Å². The number of benzene rings is 2. The number of rotatable bonds is 4. The van der Waals surface area contributed by atoms with Crippen molar-refractivity contribution in [2.75, 3.05) is 18.4 Å². The average molecular weight is 455 g/mol. The summed E-state index contributed by atoms with van der Waals surface area (Å²) in [5.74, 6) is 0.613. The number of amides is 2. The van der Waals surface area contributed by atoms with Gasteiger partial charge in [0.25, 0.3) is 0 Å². The monoisotopic (exact) mass is 455 g/mol. The van der Waals surface area contributed by atoms with Crippen LogP contribution in [-0.4, -0.2) is 40.0 Å². The van der Waals surface area contributed by atoms with Gasteiger partial charge in [0, 0.05) is 18.7 Å². The van der Waals surface area contributed by atoms with Gasteiger partial charge in [-0.3, -0.25) is 10.2 Å². The second-order valence-electron chi connectivity index (χ2n) is 8.51. The van der Waals surface area contributed by atoms with Gasteiger partial charge in [0.05, 0.1) is 24.0 Å². The number of aromatic nitrogens is 2. The molecule has 2 aromatic carbocycles. The number of carbonyl (C=O) groups is 1. The molecule has 0 saturated carbocycles. The Hall–Kier alpha value is -3.33. The molecule has 0 saturated heterocycles. The van der Waals surface area contributed by atoms with Crippen molar-refractivity contribution in [1.82, 2.24) is 20.0 Å². The van der Waals surface area contributed by atoms with Crippen LogP contribution in [0.4, 0.5) is 23.8 Å². The molecule has 2 aliphatic rings. The van der Waals surface area contributed by atoms with Crippen molar-refractivity contribution in [3.8, 4) is 5.69 Å². The van der Waals surface area contributed by atoms with E-state index in [9.17, 15) is 18.0 Å². The summed E-state index contributed by atoms with van der Waals surface area (Å²) in [5.41, 5.74) is 4.44. The lowest BCUT2D eigenvalue weighted by Gasteiger charge is -2.35. The largest absolute Gasteiger partial charge is 0.401 e. The molecule has 1 aliphatic heterocycles. The van der Waals surface area contributed by atoms with Crippen LogP contribution in [0.3, 0.4) is 0 Å². The molecule has 3 aromatic rings. The first-order valence-corrected chi connectivity index (χ1v) is 11.0. The number of nitrogens with zero attached hydrogens (tertiary/aromatic N) is 3. The predicted octanol–water partition coefficient (Wildman–Crippen LogP) is 4.60. The molecule has 5 rings (SSSR count). The second-order valence-corrected chi connectivity index (χ2v) is 8.51. The van der Waals surface area contributed by atoms with E-state index < -0.39 is 24.8 Å². The minimum absolute atomic E-state index is 0.0833. The highest BCUT2D eigenvalue weighted by Crippen LogP contribution is 2.32. The molecule has 0 radical (unpaired) electrons. The Kier molecular flexibility index (Phi) is 5.57. The van der Waals surface area contributed by atoms with Gasteiger partial charge in [0.2, 0.25) is 0 Å². The van der Waals surface area contributed by atoms with E-state index in [1.54, 1.807) is 10.7 Å². The topological polar surface area (TPSA) is 62.2 Å². The fourth-order valence-corrected chi connectivity index (χ4v) is 4.76. The molecule has 1 unspecified atom stereocenters. The van der Waals surface area contributed by atoms with E-state index in [1.807, 2.05) is 48.5 Å². The van der Waals surface area contributed by atoms with Gasteiger partial charge in [-0.15, -0.1) is 0 Å². The van der Waals surface area contributed by atoms with Gasteiger partial charge in [-0.1, -0.05) is 42.5 Å². The fraction of sp³-hybridized carbons (Fsp3) is 0.333. The number of hydrogen-bond donors (Lipinski definition) is 2. The first-order valence-electron chi connectivity index (χ1n) is 11.0. The van der Waals surface area contributed by atoms with Gasteiger partial charge in [0.15, 0.2) is 0 Å². The fourth-order valence-electron chi connectivity index (χ4n) is 4.76. The van der Waals surface area contributed by atoms with Gasteiger partial charge < -0.3 is 5.32 Å². The number of nitrogens with one attached hydrogen (secondary N) is 2. The van der Waals surface area contributed by atoms with Gasteiger partial charge >= 0.3 is 12.2 Å². The number of carbonyl (C=O) groups excluding carboxylic acids is 1. The van der Waals surface area contributed by atoms with Gasteiger partial charge in [-0.2, -0.15) is 18.3 Å². The lowest BCUT2D eigenvalue weighted by atomic mass is 9.95. The summed E-state index contributed by atoms with van der Waals surface area (Å²) in [5, 5.41) is 10.5. The van der Waals surface area contributed by atoms with E-state index in [0.717, 1.165) is 47.3 Å². The first-order chi connectivity index (χ1) is 15.9. The molecule has 0 fully saturated rings. The number of anilines is 1. The van der Waals surface area contributed by atoms with E-state index >= 15 is 0 Å². The molecule has 9 heteroatoms. The Balaban J connectivity index is 1.38. The lowest BCUT2D eigenvalue weighted by Crippen LogP contribution is -2.46. The van der Waals surface area contributed by atoms with E-state index in [1.165, 1.54) is 4.90 Å². The third-order valence-corrected chi connectivity index (χ3v) is 6.11. The third kappa shape index (κ3) is 4.59. The normalized spacial score (nSPS) is 18.0. The highest BCUT2D eigenvalue weighted by Gasteiger charge is 2.35. The van der Waals surface area contributed by atoms with Crippen LogP contribution in [0.25, 0.3) is 5.69 Å². The molecule has 172 valence electrons. The van der Waals surface area contributed by atoms with E-state index in [-0.39, 0.29) is 13.1 Å². The maximum Gasteiger partial charge on any atom is 0.401 e. The molecule has 33 heavy (non-hydrogen) atoms. The molecule has 2 amide bonds. The number of para-hydroxylation sites is 1. The molecule has 0 spiro atoms. The smallest absolute Gasteiger partial charge is 0.330 e. The number of fused-ring (bicyclic) bond motifs is 2. The lowest BCUT2D eigenvalue weighted by molar-refractivity contribution is -0.148. The number of hydrogen-bond acceptors (Lipinski definition) is 3. The van der Waals surface area contributed by atoms with E-state index in [2.05, 4.69) is 10.6 Å². The molecule has 1 atom stereocenters. The Labute approximate surface area is 189 Å². The van der Waals surface area contributed by atoms with Crippen LogP contribution in [0.2, 0.25) is 0 Å². The van der Waals surface area contributed by atoms with Gasteiger partial charge in [0.1, 0.15) is 5.82 Å². The zero-order chi connectivity index (χ0) is 23.0. The zero-order valence-corrected chi connectivity index (χ0v) is 17.9. The molecule has 6 nitrogen and oxygen atoms in total. The quantitative estimate of drug-likeness (QED) is 0.605. The molecule has 1 aliphatic carbocycles. The summed E-state index contributed by atoms with van der Waals surface area (Å²) < 4.78 is 40.8. The Morgan fingerprint density at radius 2 is 1.82 bits per heavy atom. The summed E-state index contributed by atoms with van der Waals surface area (Å²) in [6.07, 6.45) is -1.65. The Morgan fingerprint density at radius 3 is 2.61 bits per heavy atom. The maximum absolute atomic E-state index is 13.1. The molecule has 2 N–H and O–H groups in total. The SMILES string of the molecule is O=C(Nc1c2c(nn1-c1ccccc1)CCC2)NC1CN(CC(F)(F)F)Cc2ccccc21. The molecule has 2 heterocycles. The molecular weight excluding hydrogens is 431 g/mol. The highest BCUT2D eigenvalue weighted by molar-refractivity contribution is 5.90. The van der Waals surface area contributed by atoms with Crippen molar-refractivity contribution >= 4 is 11.8 Å². The van der Waals surface area contributed by atoms with E-state index in [4.69, 9.17) is 5.10 Å². The Morgan fingerprint density at radius 1 is 1.06 bits per heavy atom. The van der Waals surface area contributed by atoms with Crippen LogP contribution in [0, 0.1) is 0 Å². The number of alkyl halides is 3. The summed E-state index contributed by atoms with van der Waals surface area (Å²) in [6.45, 7) is -0.737. The number of aryl methyl sites for hydroxylation is 1. The summed E-state index contributed by atoms with van der Waals surface area (Å²) in [4.78, 5) is 14.4. The van der Waals surface area contributed by atoms with Crippen molar-refractivity contribution in [2.24, 2.45) is 0 Å². The summed E-state index contributed by atoms with van der Waals surface area (Å²) >= 11 is 0. The van der Waals surface area contributed by atoms with Crippen LogP contribution in [0.1, 0.15) is 34.8 Å². The maximum atomic E-state index is 13.1. The number of halogens is 3. The minimum atomic E-state index is -4.30. The standard InChI is InChI=1S/C24H24F3N5O/c25-24(26,27)15-31-13-16-7-4-5-10-18(16)21(14-31)28-23(33)29-22-19-11-6-12-20(19)30-32(22)17-8-2-1-3-9-17/h1-5,7-10,21H,6,11-15H2,(H2,28,29,33). The van der Waals surface area contributed by atoms with Crippen LogP contribution in [0.15, 0.2) is 54.6 Å². The first kappa shape index (κ1) is 21.5. The molecular formula is C24H24F3N5O. The van der Waals surface area contributed by atoms with Crippen LogP contribution < -0.4 is 10.6 Å². The van der Waals surface area contributed by atoms with Crippen molar-refractivity contribution in [2.45, 2.75) is 38.0 Å². The van der Waals surface area contributed by atoms with Crippen molar-refractivity contribution < 1.29 is 18.0 Å². The van der Waals surface area contributed by atoms with Gasteiger partial charge in [-0.25, -0.2) is 9.48 Å². The number of urea groups is 1. The molecule has 0 bridgehead atoms. The Bertz CT molecular complexity index is 1160. The second kappa shape index (κ2) is 8.55. The average Bonchev–Trinajstić information content (AvgIpc) is 3.36. The predicted molar refractivity (Wildman–Crippen MR) is 118 cm³/mol. The van der Waals surface area contributed by atoms with Gasteiger partial charge in [-0.05, 0) is 42.5 Å². The van der Waals surface area contributed by atoms with Crippen molar-refractivity contribution in [3.05, 3.63) is 77.0 Å². The third-order valence-electron chi connectivity index (χ3n) is 6.11. The minimum Gasteiger partial charge on any atom is -0.330 e. The van der Waals surface area contributed by atoms with Crippen LogP contribution >= 0.6 is 0 Å². The summed E-state index contributed by atoms with van der Waals surface area (Å²) in [7, 11) is 0.